The lowest BCUT2D eigenvalue weighted by Gasteiger charge is -2.20. The SMILES string of the molecule is CCNC(Cc1ccc(F)c(F)c1)c1ccncc1C. The largest absolute Gasteiger partial charge is 0.310 e. The number of nitrogens with one attached hydrogen (secondary N) is 1. The number of likely N-dealkylation sites (N-methyl/N-ethyl adjacent to an activating group) is 1. The third kappa shape index (κ3) is 3.39. The van der Waals surface area contributed by atoms with Gasteiger partial charge in [0.2, 0.25) is 0 Å². The van der Waals surface area contributed by atoms with Gasteiger partial charge in [0.1, 0.15) is 0 Å². The van der Waals surface area contributed by atoms with Crippen molar-refractivity contribution in [2.24, 2.45) is 0 Å². The summed E-state index contributed by atoms with van der Waals surface area (Å²) in [6.07, 6.45) is 4.17. The fourth-order valence-electron chi connectivity index (χ4n) is 2.32. The van der Waals surface area contributed by atoms with Gasteiger partial charge in [0.25, 0.3) is 0 Å². The molecular formula is C16H18F2N2. The molecule has 4 heteroatoms. The highest BCUT2D eigenvalue weighted by atomic mass is 19.2. The van der Waals surface area contributed by atoms with Crippen LogP contribution in [0.25, 0.3) is 0 Å². The Kier molecular flexibility index (Phi) is 4.79. The average Bonchev–Trinajstić information content (AvgIpc) is 2.43. The maximum Gasteiger partial charge on any atom is 0.159 e. The lowest BCUT2D eigenvalue weighted by molar-refractivity contribution is 0.502. The molecular weight excluding hydrogens is 258 g/mol. The third-order valence-corrected chi connectivity index (χ3v) is 3.31. The molecule has 0 fully saturated rings. The van der Waals surface area contributed by atoms with Gasteiger partial charge >= 0.3 is 0 Å². The van der Waals surface area contributed by atoms with Gasteiger partial charge in [-0.05, 0) is 54.8 Å². The van der Waals surface area contributed by atoms with Crippen molar-refractivity contribution in [1.29, 1.82) is 0 Å². The number of nitrogens with zero attached hydrogens (tertiary/aromatic N) is 1. The highest BCUT2D eigenvalue weighted by Gasteiger charge is 2.14. The predicted molar refractivity (Wildman–Crippen MR) is 75.5 cm³/mol. The quantitative estimate of drug-likeness (QED) is 0.903. The standard InChI is InChI=1S/C16H18F2N2/c1-3-20-16(13-6-7-19-10-11(13)2)9-12-4-5-14(17)15(18)8-12/h4-8,10,16,20H,3,9H2,1-2H3. The van der Waals surface area contributed by atoms with Crippen LogP contribution in [0.4, 0.5) is 8.78 Å². The maximum atomic E-state index is 13.3. The molecule has 1 N–H and O–H groups in total. The molecule has 20 heavy (non-hydrogen) atoms. The van der Waals surface area contributed by atoms with Gasteiger partial charge in [0.05, 0.1) is 0 Å². The number of halogens is 2. The highest BCUT2D eigenvalue weighted by Crippen LogP contribution is 2.22. The summed E-state index contributed by atoms with van der Waals surface area (Å²) in [7, 11) is 0. The van der Waals surface area contributed by atoms with E-state index in [1.54, 1.807) is 12.3 Å². The minimum absolute atomic E-state index is 0.0628. The Morgan fingerprint density at radius 1 is 1.20 bits per heavy atom. The van der Waals surface area contributed by atoms with Crippen LogP contribution in [-0.4, -0.2) is 11.5 Å². The molecule has 1 aromatic heterocycles. The molecule has 2 aromatic rings. The van der Waals surface area contributed by atoms with Gasteiger partial charge in [-0.25, -0.2) is 8.78 Å². The van der Waals surface area contributed by atoms with Gasteiger partial charge in [-0.2, -0.15) is 0 Å². The summed E-state index contributed by atoms with van der Waals surface area (Å²) in [6, 6.07) is 6.08. The zero-order valence-corrected chi connectivity index (χ0v) is 11.7. The van der Waals surface area contributed by atoms with Gasteiger partial charge in [-0.1, -0.05) is 13.0 Å². The molecule has 1 unspecified atom stereocenters. The molecule has 0 saturated heterocycles. The monoisotopic (exact) mass is 276 g/mol. The topological polar surface area (TPSA) is 24.9 Å². The minimum atomic E-state index is -0.811. The van der Waals surface area contributed by atoms with E-state index in [2.05, 4.69) is 10.3 Å². The summed E-state index contributed by atoms with van der Waals surface area (Å²) in [4.78, 5) is 4.08. The first-order valence-corrected chi connectivity index (χ1v) is 6.69. The van der Waals surface area contributed by atoms with Gasteiger partial charge < -0.3 is 5.32 Å². The highest BCUT2D eigenvalue weighted by molar-refractivity contribution is 5.28. The number of aromatic nitrogens is 1. The molecule has 0 spiro atoms. The van der Waals surface area contributed by atoms with Gasteiger partial charge in [0, 0.05) is 18.4 Å². The van der Waals surface area contributed by atoms with E-state index in [1.807, 2.05) is 26.1 Å². The molecule has 0 saturated carbocycles. The number of rotatable bonds is 5. The summed E-state index contributed by atoms with van der Waals surface area (Å²) >= 11 is 0. The van der Waals surface area contributed by atoms with Gasteiger partial charge in [-0.3, -0.25) is 4.98 Å². The van der Waals surface area contributed by atoms with Crippen LogP contribution >= 0.6 is 0 Å². The molecule has 0 aliphatic heterocycles. The number of pyridine rings is 1. The number of benzene rings is 1. The van der Waals surface area contributed by atoms with Crippen LogP contribution in [0.2, 0.25) is 0 Å². The van der Waals surface area contributed by atoms with Crippen LogP contribution in [0.1, 0.15) is 29.7 Å². The fourth-order valence-corrected chi connectivity index (χ4v) is 2.32. The molecule has 0 amide bonds. The molecule has 1 atom stereocenters. The molecule has 0 aliphatic rings. The zero-order chi connectivity index (χ0) is 14.5. The second-order valence-electron chi connectivity index (χ2n) is 4.80. The van der Waals surface area contributed by atoms with E-state index in [0.717, 1.165) is 23.2 Å². The summed E-state index contributed by atoms with van der Waals surface area (Å²) in [5.74, 6) is -1.61. The first kappa shape index (κ1) is 14.6. The Bertz CT molecular complexity index is 584. The van der Waals surface area contributed by atoms with Crippen molar-refractivity contribution in [3.8, 4) is 0 Å². The molecule has 2 rings (SSSR count). The Balaban J connectivity index is 2.25. The second kappa shape index (κ2) is 6.57. The second-order valence-corrected chi connectivity index (χ2v) is 4.80. The number of hydrogen-bond acceptors (Lipinski definition) is 2. The van der Waals surface area contributed by atoms with E-state index >= 15 is 0 Å². The van der Waals surface area contributed by atoms with Crippen LogP contribution < -0.4 is 5.32 Å². The van der Waals surface area contributed by atoms with E-state index in [-0.39, 0.29) is 6.04 Å². The van der Waals surface area contributed by atoms with Crippen molar-refractivity contribution in [3.63, 3.8) is 0 Å². The number of aryl methyl sites for hydroxylation is 1. The summed E-state index contributed by atoms with van der Waals surface area (Å²) < 4.78 is 26.3. The predicted octanol–water partition coefficient (Wildman–Crippen LogP) is 3.56. The molecule has 1 aromatic carbocycles. The summed E-state index contributed by atoms with van der Waals surface area (Å²) in [5.41, 5.74) is 2.98. The molecule has 106 valence electrons. The van der Waals surface area contributed by atoms with Crippen LogP contribution in [0.3, 0.4) is 0 Å². The van der Waals surface area contributed by atoms with E-state index in [4.69, 9.17) is 0 Å². The molecule has 0 bridgehead atoms. The van der Waals surface area contributed by atoms with Crippen molar-refractivity contribution in [2.75, 3.05) is 6.54 Å². The zero-order valence-electron chi connectivity index (χ0n) is 11.7. The first-order chi connectivity index (χ1) is 9.61. The van der Waals surface area contributed by atoms with E-state index in [1.165, 1.54) is 12.1 Å². The van der Waals surface area contributed by atoms with Gasteiger partial charge in [0.15, 0.2) is 11.6 Å². The van der Waals surface area contributed by atoms with Crippen LogP contribution in [0, 0.1) is 18.6 Å². The van der Waals surface area contributed by atoms with Crippen molar-refractivity contribution in [1.82, 2.24) is 10.3 Å². The van der Waals surface area contributed by atoms with Crippen molar-refractivity contribution < 1.29 is 8.78 Å². The molecule has 1 heterocycles. The Morgan fingerprint density at radius 2 is 2.00 bits per heavy atom. The maximum absolute atomic E-state index is 13.3. The van der Waals surface area contributed by atoms with Crippen LogP contribution in [-0.2, 0) is 6.42 Å². The van der Waals surface area contributed by atoms with E-state index in [9.17, 15) is 8.78 Å². The first-order valence-electron chi connectivity index (χ1n) is 6.69. The fraction of sp³-hybridized carbons (Fsp3) is 0.312. The molecule has 0 aliphatic carbocycles. The van der Waals surface area contributed by atoms with E-state index in [0.29, 0.717) is 6.42 Å². The molecule has 2 nitrogen and oxygen atoms in total. The van der Waals surface area contributed by atoms with E-state index < -0.39 is 11.6 Å². The minimum Gasteiger partial charge on any atom is -0.310 e. The van der Waals surface area contributed by atoms with Gasteiger partial charge in [-0.15, -0.1) is 0 Å². The number of hydrogen-bond donors (Lipinski definition) is 1. The smallest absolute Gasteiger partial charge is 0.159 e. The summed E-state index contributed by atoms with van der Waals surface area (Å²) in [6.45, 7) is 4.82. The van der Waals surface area contributed by atoms with Crippen molar-refractivity contribution in [3.05, 3.63) is 65.0 Å². The third-order valence-electron chi connectivity index (χ3n) is 3.31. The average molecular weight is 276 g/mol. The lowest BCUT2D eigenvalue weighted by atomic mass is 9.96. The Labute approximate surface area is 117 Å². The normalized spacial score (nSPS) is 12.4. The Hall–Kier alpha value is -1.81. The van der Waals surface area contributed by atoms with Crippen molar-refractivity contribution in [2.45, 2.75) is 26.3 Å². The summed E-state index contributed by atoms with van der Waals surface area (Å²) in [5, 5.41) is 3.38. The van der Waals surface area contributed by atoms with Crippen LogP contribution in [0.5, 0.6) is 0 Å². The van der Waals surface area contributed by atoms with Crippen molar-refractivity contribution >= 4 is 0 Å². The lowest BCUT2D eigenvalue weighted by Crippen LogP contribution is -2.23. The Morgan fingerprint density at radius 3 is 2.65 bits per heavy atom. The molecule has 0 radical (unpaired) electrons. The van der Waals surface area contributed by atoms with Crippen LogP contribution in [0.15, 0.2) is 36.7 Å².